The van der Waals surface area contributed by atoms with Gasteiger partial charge in [-0.15, -0.1) is 0 Å². The van der Waals surface area contributed by atoms with E-state index in [9.17, 15) is 14.4 Å². The van der Waals surface area contributed by atoms with Gasteiger partial charge in [-0.05, 0) is 58.0 Å². The maximum Gasteiger partial charge on any atom is 0.255 e. The second-order valence-electron chi connectivity index (χ2n) is 9.60. The van der Waals surface area contributed by atoms with Crippen LogP contribution in [0.25, 0.3) is 11.5 Å². The van der Waals surface area contributed by atoms with Gasteiger partial charge in [-0.1, -0.05) is 6.07 Å². The normalized spacial score (nSPS) is 18.1. The van der Waals surface area contributed by atoms with Crippen LogP contribution in [0.5, 0.6) is 0 Å². The molecule has 188 valence electrons. The van der Waals surface area contributed by atoms with E-state index in [1.54, 1.807) is 6.92 Å². The summed E-state index contributed by atoms with van der Waals surface area (Å²) in [6.45, 7) is 3.71. The molecule has 0 spiro atoms. The van der Waals surface area contributed by atoms with E-state index in [2.05, 4.69) is 20.5 Å². The summed E-state index contributed by atoms with van der Waals surface area (Å²) in [7, 11) is 2.04. The fourth-order valence-corrected chi connectivity index (χ4v) is 4.92. The second-order valence-corrected chi connectivity index (χ2v) is 9.60. The summed E-state index contributed by atoms with van der Waals surface area (Å²) in [6, 6.07) is 7.39. The van der Waals surface area contributed by atoms with Crippen LogP contribution >= 0.6 is 0 Å². The molecule has 3 aromatic rings. The number of hydrogen-bond donors (Lipinski definition) is 2. The number of oxazole rings is 1. The minimum Gasteiger partial charge on any atom is -0.468 e. The Morgan fingerprint density at radius 2 is 2.08 bits per heavy atom. The van der Waals surface area contributed by atoms with Crippen molar-refractivity contribution >= 4 is 23.3 Å². The van der Waals surface area contributed by atoms with E-state index in [0.717, 1.165) is 37.9 Å². The van der Waals surface area contributed by atoms with Crippen molar-refractivity contribution in [3.63, 3.8) is 0 Å². The van der Waals surface area contributed by atoms with Gasteiger partial charge in [0, 0.05) is 30.6 Å². The Morgan fingerprint density at radius 1 is 1.22 bits per heavy atom. The Kier molecular flexibility index (Phi) is 6.73. The Labute approximate surface area is 209 Å². The highest BCUT2D eigenvalue weighted by Crippen LogP contribution is 2.27. The Balaban J connectivity index is 1.25. The van der Waals surface area contributed by atoms with Gasteiger partial charge in [-0.3, -0.25) is 14.4 Å². The molecule has 2 aromatic heterocycles. The molecule has 0 bridgehead atoms. The number of nitrogens with one attached hydrogen (secondary N) is 2. The first-order valence-corrected chi connectivity index (χ1v) is 12.4. The van der Waals surface area contributed by atoms with Crippen LogP contribution in [-0.2, 0) is 17.8 Å². The standard InChI is InChI=1S/C27H30N4O5/c1-16-21(13-28-26(34)20-15-35-23-10-4-9-22(32)24(20)23)30-27(36-16)17-6-3-8-19(12-17)29-25(33)18-7-5-11-31(2)14-18/h3,6,8,12,15,18H,4-5,7,9-11,13-14H2,1-2H3,(H,28,34)(H,29,33). The topological polar surface area (TPSA) is 118 Å². The first-order valence-electron chi connectivity index (χ1n) is 12.4. The molecule has 5 rings (SSSR count). The van der Waals surface area contributed by atoms with Crippen LogP contribution in [0.3, 0.4) is 0 Å². The highest BCUT2D eigenvalue weighted by Gasteiger charge is 2.28. The molecule has 36 heavy (non-hydrogen) atoms. The first-order chi connectivity index (χ1) is 17.4. The van der Waals surface area contributed by atoms with Gasteiger partial charge >= 0.3 is 0 Å². The Hall–Kier alpha value is -3.72. The van der Waals surface area contributed by atoms with Crippen LogP contribution in [-0.4, -0.2) is 47.6 Å². The zero-order valence-electron chi connectivity index (χ0n) is 20.6. The lowest BCUT2D eigenvalue weighted by molar-refractivity contribution is -0.121. The van der Waals surface area contributed by atoms with Crippen LogP contribution < -0.4 is 10.6 Å². The SMILES string of the molecule is Cc1oc(-c2cccc(NC(=O)C3CCCN(C)C3)c2)nc1CNC(=O)c1coc2c1C(=O)CCC2. The van der Waals surface area contributed by atoms with E-state index in [0.29, 0.717) is 47.2 Å². The summed E-state index contributed by atoms with van der Waals surface area (Å²) in [5.74, 6) is 1.12. The number of furan rings is 1. The highest BCUT2D eigenvalue weighted by molar-refractivity contribution is 6.09. The molecule has 9 nitrogen and oxygen atoms in total. The van der Waals surface area contributed by atoms with Crippen molar-refractivity contribution in [2.45, 2.75) is 45.6 Å². The number of rotatable bonds is 6. The van der Waals surface area contributed by atoms with Crippen molar-refractivity contribution in [3.05, 3.63) is 58.9 Å². The number of piperidine rings is 1. The number of carbonyl (C=O) groups excluding carboxylic acids is 3. The molecule has 0 saturated carbocycles. The number of hydrogen-bond acceptors (Lipinski definition) is 7. The van der Waals surface area contributed by atoms with Crippen LogP contribution in [0.4, 0.5) is 5.69 Å². The number of anilines is 1. The summed E-state index contributed by atoms with van der Waals surface area (Å²) < 4.78 is 11.3. The van der Waals surface area contributed by atoms with E-state index in [1.807, 2.05) is 31.3 Å². The van der Waals surface area contributed by atoms with Gasteiger partial charge in [-0.2, -0.15) is 0 Å². The first kappa shape index (κ1) is 24.0. The number of carbonyl (C=O) groups is 3. The molecule has 3 heterocycles. The number of aromatic nitrogens is 1. The molecule has 2 amide bonds. The van der Waals surface area contributed by atoms with Gasteiger partial charge in [0.15, 0.2) is 5.78 Å². The Morgan fingerprint density at radius 3 is 2.92 bits per heavy atom. The molecule has 1 aliphatic carbocycles. The minimum atomic E-state index is -0.378. The second kappa shape index (κ2) is 10.1. The molecule has 1 fully saturated rings. The fourth-order valence-electron chi connectivity index (χ4n) is 4.92. The average molecular weight is 491 g/mol. The summed E-state index contributed by atoms with van der Waals surface area (Å²) in [5.41, 5.74) is 2.66. The van der Waals surface area contributed by atoms with E-state index >= 15 is 0 Å². The summed E-state index contributed by atoms with van der Waals surface area (Å²) in [4.78, 5) is 44.5. The molecule has 2 N–H and O–H groups in total. The van der Waals surface area contributed by atoms with Crippen molar-refractivity contribution in [3.8, 4) is 11.5 Å². The number of nitrogens with zero attached hydrogens (tertiary/aromatic N) is 2. The number of benzene rings is 1. The van der Waals surface area contributed by atoms with E-state index < -0.39 is 0 Å². The van der Waals surface area contributed by atoms with Crippen molar-refractivity contribution < 1.29 is 23.2 Å². The highest BCUT2D eigenvalue weighted by atomic mass is 16.4. The monoisotopic (exact) mass is 490 g/mol. The summed E-state index contributed by atoms with van der Waals surface area (Å²) >= 11 is 0. The minimum absolute atomic E-state index is 0.0191. The average Bonchev–Trinajstić information content (AvgIpc) is 3.47. The predicted octanol–water partition coefficient (Wildman–Crippen LogP) is 3.97. The fraction of sp³-hybridized carbons (Fsp3) is 0.407. The van der Waals surface area contributed by atoms with E-state index in [1.165, 1.54) is 6.26 Å². The third-order valence-corrected chi connectivity index (χ3v) is 6.88. The Bertz CT molecular complexity index is 1310. The van der Waals surface area contributed by atoms with Crippen molar-refractivity contribution in [1.29, 1.82) is 0 Å². The maximum absolute atomic E-state index is 12.8. The largest absolute Gasteiger partial charge is 0.468 e. The smallest absolute Gasteiger partial charge is 0.255 e. The number of amides is 2. The van der Waals surface area contributed by atoms with Gasteiger partial charge in [0.25, 0.3) is 5.91 Å². The number of Topliss-reactive ketones (excluding diaryl/α,β-unsaturated/α-hetero) is 1. The molecule has 2 aliphatic rings. The molecule has 1 unspecified atom stereocenters. The predicted molar refractivity (Wildman–Crippen MR) is 133 cm³/mol. The van der Waals surface area contributed by atoms with E-state index in [-0.39, 0.29) is 35.6 Å². The zero-order valence-corrected chi connectivity index (χ0v) is 20.6. The molecule has 1 aliphatic heterocycles. The van der Waals surface area contributed by atoms with Crippen LogP contribution in [0, 0.1) is 12.8 Å². The lowest BCUT2D eigenvalue weighted by Gasteiger charge is -2.28. The van der Waals surface area contributed by atoms with Gasteiger partial charge in [0.05, 0.1) is 23.6 Å². The number of aryl methyl sites for hydroxylation is 2. The zero-order chi connectivity index (χ0) is 25.2. The van der Waals surface area contributed by atoms with Gasteiger partial charge in [0.1, 0.15) is 23.5 Å². The molecule has 1 atom stereocenters. The van der Waals surface area contributed by atoms with Crippen molar-refractivity contribution in [1.82, 2.24) is 15.2 Å². The van der Waals surface area contributed by atoms with Gasteiger partial charge in [0.2, 0.25) is 11.8 Å². The quantitative estimate of drug-likeness (QED) is 0.537. The maximum atomic E-state index is 12.8. The van der Waals surface area contributed by atoms with Gasteiger partial charge < -0.3 is 24.4 Å². The lowest BCUT2D eigenvalue weighted by Crippen LogP contribution is -2.38. The van der Waals surface area contributed by atoms with E-state index in [4.69, 9.17) is 8.83 Å². The van der Waals surface area contributed by atoms with Crippen molar-refractivity contribution in [2.75, 3.05) is 25.5 Å². The molecular weight excluding hydrogens is 460 g/mol. The third-order valence-electron chi connectivity index (χ3n) is 6.88. The molecular formula is C27H30N4O5. The van der Waals surface area contributed by atoms with Crippen LogP contribution in [0.1, 0.15) is 63.6 Å². The number of ketones is 1. The van der Waals surface area contributed by atoms with Crippen LogP contribution in [0.2, 0.25) is 0 Å². The molecule has 0 radical (unpaired) electrons. The molecule has 1 saturated heterocycles. The molecule has 1 aromatic carbocycles. The lowest BCUT2D eigenvalue weighted by atomic mass is 9.94. The van der Waals surface area contributed by atoms with Crippen LogP contribution in [0.15, 0.2) is 39.4 Å². The number of likely N-dealkylation sites (tertiary alicyclic amines) is 1. The number of fused-ring (bicyclic) bond motifs is 1. The third kappa shape index (κ3) is 4.97. The van der Waals surface area contributed by atoms with Crippen molar-refractivity contribution in [2.24, 2.45) is 5.92 Å². The van der Waals surface area contributed by atoms with Gasteiger partial charge in [-0.25, -0.2) is 4.98 Å². The summed E-state index contributed by atoms with van der Waals surface area (Å²) in [6.07, 6.45) is 5.09. The summed E-state index contributed by atoms with van der Waals surface area (Å²) in [5, 5.41) is 5.84. The molecule has 9 heteroatoms.